The molecular weight excluding hydrogens is 455 g/mol. The topological polar surface area (TPSA) is 40.5 Å². The summed E-state index contributed by atoms with van der Waals surface area (Å²) >= 11 is 1.74. The SMILES string of the molecule is CN=C(NCc1csc(C(C)(C)C)n1)N1CCC(c2ccccc2)C1.I. The van der Waals surface area contributed by atoms with Crippen LogP contribution in [-0.4, -0.2) is 36.0 Å². The van der Waals surface area contributed by atoms with Crippen molar-refractivity contribution in [2.24, 2.45) is 4.99 Å². The lowest BCUT2D eigenvalue weighted by Crippen LogP contribution is -2.39. The standard InChI is InChI=1S/C20H28N4S.HI/c1-20(2,3)18-23-17(14-25-18)12-22-19(21-4)24-11-10-16(13-24)15-8-6-5-7-9-15;/h5-9,14,16H,10-13H2,1-4H3,(H,21,22);1H. The molecule has 1 N–H and O–H groups in total. The van der Waals surface area contributed by atoms with Gasteiger partial charge in [0.25, 0.3) is 0 Å². The van der Waals surface area contributed by atoms with Gasteiger partial charge in [-0.25, -0.2) is 4.98 Å². The van der Waals surface area contributed by atoms with Crippen LogP contribution in [0.5, 0.6) is 0 Å². The highest BCUT2D eigenvalue weighted by Crippen LogP contribution is 2.27. The highest BCUT2D eigenvalue weighted by molar-refractivity contribution is 14.0. The molecule has 1 aromatic heterocycles. The van der Waals surface area contributed by atoms with Gasteiger partial charge in [-0.2, -0.15) is 0 Å². The van der Waals surface area contributed by atoms with Crippen LogP contribution in [0.1, 0.15) is 49.4 Å². The third kappa shape index (κ3) is 5.19. The lowest BCUT2D eigenvalue weighted by Gasteiger charge is -2.21. The van der Waals surface area contributed by atoms with Gasteiger partial charge in [-0.3, -0.25) is 4.99 Å². The van der Waals surface area contributed by atoms with Crippen LogP contribution in [0, 0.1) is 0 Å². The minimum absolute atomic E-state index is 0. The minimum atomic E-state index is 0. The van der Waals surface area contributed by atoms with Crippen molar-refractivity contribution in [3.63, 3.8) is 0 Å². The van der Waals surface area contributed by atoms with Crippen LogP contribution in [0.15, 0.2) is 40.7 Å². The summed E-state index contributed by atoms with van der Waals surface area (Å²) in [6.07, 6.45) is 1.18. The summed E-state index contributed by atoms with van der Waals surface area (Å²) in [4.78, 5) is 11.6. The van der Waals surface area contributed by atoms with Crippen LogP contribution in [0.4, 0.5) is 0 Å². The Labute approximate surface area is 178 Å². The number of rotatable bonds is 3. The van der Waals surface area contributed by atoms with E-state index in [4.69, 9.17) is 4.98 Å². The Hall–Kier alpha value is -1.15. The molecule has 1 unspecified atom stereocenters. The summed E-state index contributed by atoms with van der Waals surface area (Å²) in [7, 11) is 1.86. The predicted octanol–water partition coefficient (Wildman–Crippen LogP) is 4.62. The molecule has 1 aromatic carbocycles. The Morgan fingerprint density at radius 1 is 1.31 bits per heavy atom. The molecule has 0 spiro atoms. The van der Waals surface area contributed by atoms with Crippen molar-refractivity contribution >= 4 is 41.3 Å². The number of thiazole rings is 1. The van der Waals surface area contributed by atoms with Crippen LogP contribution in [0.3, 0.4) is 0 Å². The molecule has 0 amide bonds. The van der Waals surface area contributed by atoms with E-state index in [1.807, 2.05) is 7.05 Å². The van der Waals surface area contributed by atoms with Gasteiger partial charge in [0.1, 0.15) is 0 Å². The summed E-state index contributed by atoms with van der Waals surface area (Å²) in [5.74, 6) is 1.57. The van der Waals surface area contributed by atoms with E-state index < -0.39 is 0 Å². The molecule has 1 aliphatic rings. The van der Waals surface area contributed by atoms with E-state index in [0.29, 0.717) is 5.92 Å². The largest absolute Gasteiger partial charge is 0.351 e. The number of nitrogens with one attached hydrogen (secondary N) is 1. The van der Waals surface area contributed by atoms with Gasteiger partial charge >= 0.3 is 0 Å². The number of guanidine groups is 1. The Bertz CT molecular complexity index is 721. The number of nitrogens with zero attached hydrogens (tertiary/aromatic N) is 3. The Morgan fingerprint density at radius 2 is 2.04 bits per heavy atom. The minimum Gasteiger partial charge on any atom is -0.351 e. The number of aromatic nitrogens is 1. The van der Waals surface area contributed by atoms with Crippen molar-refractivity contribution in [3.8, 4) is 0 Å². The second-order valence-electron chi connectivity index (χ2n) is 7.64. The maximum atomic E-state index is 4.76. The Morgan fingerprint density at radius 3 is 2.65 bits per heavy atom. The Kier molecular flexibility index (Phi) is 7.46. The van der Waals surface area contributed by atoms with Crippen LogP contribution in [-0.2, 0) is 12.0 Å². The van der Waals surface area contributed by atoms with Crippen molar-refractivity contribution in [2.45, 2.75) is 45.1 Å². The van der Waals surface area contributed by atoms with E-state index in [1.165, 1.54) is 17.0 Å². The molecule has 4 nitrogen and oxygen atoms in total. The monoisotopic (exact) mass is 484 g/mol. The van der Waals surface area contributed by atoms with E-state index in [0.717, 1.165) is 31.3 Å². The van der Waals surface area contributed by atoms with Gasteiger partial charge in [-0.15, -0.1) is 35.3 Å². The van der Waals surface area contributed by atoms with Gasteiger partial charge in [0.15, 0.2) is 5.96 Å². The molecule has 0 aliphatic carbocycles. The van der Waals surface area contributed by atoms with E-state index >= 15 is 0 Å². The van der Waals surface area contributed by atoms with Gasteiger partial charge in [0.05, 0.1) is 17.2 Å². The van der Waals surface area contributed by atoms with Crippen LogP contribution >= 0.6 is 35.3 Å². The number of aliphatic imine (C=N–C) groups is 1. The van der Waals surface area contributed by atoms with Gasteiger partial charge in [0, 0.05) is 36.9 Å². The molecule has 1 atom stereocenters. The molecule has 0 saturated carbocycles. The lowest BCUT2D eigenvalue weighted by atomic mass is 9.98. The molecule has 1 saturated heterocycles. The van der Waals surface area contributed by atoms with Crippen molar-refractivity contribution < 1.29 is 0 Å². The molecule has 142 valence electrons. The fourth-order valence-electron chi connectivity index (χ4n) is 3.18. The predicted molar refractivity (Wildman–Crippen MR) is 122 cm³/mol. The van der Waals surface area contributed by atoms with Crippen LogP contribution < -0.4 is 5.32 Å². The summed E-state index contributed by atoms with van der Waals surface area (Å²) in [6, 6.07) is 10.8. The number of hydrogen-bond donors (Lipinski definition) is 1. The summed E-state index contributed by atoms with van der Waals surface area (Å²) < 4.78 is 0. The summed E-state index contributed by atoms with van der Waals surface area (Å²) in [5, 5.41) is 6.82. The van der Waals surface area contributed by atoms with Gasteiger partial charge in [-0.1, -0.05) is 51.1 Å². The van der Waals surface area contributed by atoms with Gasteiger partial charge < -0.3 is 10.2 Å². The number of hydrogen-bond acceptors (Lipinski definition) is 3. The summed E-state index contributed by atoms with van der Waals surface area (Å²) in [5.41, 5.74) is 2.63. The van der Waals surface area contributed by atoms with E-state index in [-0.39, 0.29) is 29.4 Å². The molecular formula is C20H29IN4S. The highest BCUT2D eigenvalue weighted by atomic mass is 127. The average molecular weight is 484 g/mol. The number of halogens is 1. The fraction of sp³-hybridized carbons (Fsp3) is 0.500. The smallest absolute Gasteiger partial charge is 0.193 e. The van der Waals surface area contributed by atoms with Gasteiger partial charge in [0.2, 0.25) is 0 Å². The Balaban J connectivity index is 0.00000243. The first kappa shape index (κ1) is 21.2. The lowest BCUT2D eigenvalue weighted by molar-refractivity contribution is 0.485. The normalized spacial score (nSPS) is 17.9. The first-order valence-electron chi connectivity index (χ1n) is 8.93. The highest BCUT2D eigenvalue weighted by Gasteiger charge is 2.26. The van der Waals surface area contributed by atoms with Crippen molar-refractivity contribution in [1.29, 1.82) is 0 Å². The van der Waals surface area contributed by atoms with Gasteiger partial charge in [-0.05, 0) is 12.0 Å². The van der Waals surface area contributed by atoms with E-state index in [2.05, 4.69) is 71.7 Å². The molecule has 26 heavy (non-hydrogen) atoms. The second kappa shape index (κ2) is 9.17. The third-order valence-corrected chi connectivity index (χ3v) is 5.91. The fourth-order valence-corrected chi connectivity index (χ4v) is 4.09. The van der Waals surface area contributed by atoms with Crippen LogP contribution in [0.2, 0.25) is 0 Å². The van der Waals surface area contributed by atoms with E-state index in [1.54, 1.807) is 11.3 Å². The molecule has 1 fully saturated rings. The molecule has 6 heteroatoms. The zero-order valence-electron chi connectivity index (χ0n) is 16.0. The van der Waals surface area contributed by atoms with Crippen molar-refractivity contribution in [2.75, 3.05) is 20.1 Å². The molecule has 0 bridgehead atoms. The first-order chi connectivity index (χ1) is 12.0. The number of likely N-dealkylation sites (tertiary alicyclic amines) is 1. The maximum absolute atomic E-state index is 4.76. The summed E-state index contributed by atoms with van der Waals surface area (Å²) in [6.45, 7) is 9.41. The zero-order valence-corrected chi connectivity index (χ0v) is 19.2. The third-order valence-electron chi connectivity index (χ3n) is 4.59. The molecule has 0 radical (unpaired) electrons. The van der Waals surface area contributed by atoms with Crippen molar-refractivity contribution in [3.05, 3.63) is 52.0 Å². The first-order valence-corrected chi connectivity index (χ1v) is 9.81. The van der Waals surface area contributed by atoms with Crippen molar-refractivity contribution in [1.82, 2.24) is 15.2 Å². The van der Waals surface area contributed by atoms with E-state index in [9.17, 15) is 0 Å². The average Bonchev–Trinajstić information content (AvgIpc) is 3.25. The molecule has 2 aromatic rings. The molecule has 2 heterocycles. The molecule has 1 aliphatic heterocycles. The molecule has 3 rings (SSSR count). The second-order valence-corrected chi connectivity index (χ2v) is 8.50. The quantitative estimate of drug-likeness (QED) is 0.393. The maximum Gasteiger partial charge on any atom is 0.193 e. The number of benzene rings is 1. The zero-order chi connectivity index (χ0) is 17.9. The van der Waals surface area contributed by atoms with Crippen LogP contribution in [0.25, 0.3) is 0 Å².